The topological polar surface area (TPSA) is 110 Å². The van der Waals surface area contributed by atoms with Crippen LogP contribution in [-0.2, 0) is 11.3 Å². The molecule has 192 valence electrons. The number of halogens is 3. The number of nitrogens with one attached hydrogen (secondary N) is 2. The molecular formula is C25H24F3N7O2. The van der Waals surface area contributed by atoms with Crippen LogP contribution < -0.4 is 16.4 Å². The van der Waals surface area contributed by atoms with Crippen molar-refractivity contribution in [3.05, 3.63) is 71.4 Å². The first-order chi connectivity index (χ1) is 17.8. The lowest BCUT2D eigenvalue weighted by molar-refractivity contribution is 0.0334. The molecule has 1 aliphatic rings. The number of hydrogen-bond donors (Lipinski definition) is 3. The summed E-state index contributed by atoms with van der Waals surface area (Å²) in [5, 5.41) is 8.80. The van der Waals surface area contributed by atoms with Crippen LogP contribution in [0.2, 0.25) is 0 Å². The molecule has 0 saturated carbocycles. The van der Waals surface area contributed by atoms with Gasteiger partial charge in [0.15, 0.2) is 5.82 Å². The summed E-state index contributed by atoms with van der Waals surface area (Å²) >= 11 is 0. The third-order valence-corrected chi connectivity index (χ3v) is 6.11. The summed E-state index contributed by atoms with van der Waals surface area (Å²) in [6.45, 7) is 4.88. The van der Waals surface area contributed by atoms with Crippen molar-refractivity contribution in [1.29, 1.82) is 0 Å². The predicted octanol–water partition coefficient (Wildman–Crippen LogP) is 4.18. The molecule has 0 bridgehead atoms. The van der Waals surface area contributed by atoms with Crippen molar-refractivity contribution in [2.75, 3.05) is 42.7 Å². The van der Waals surface area contributed by atoms with Crippen molar-refractivity contribution in [3.8, 4) is 11.1 Å². The Morgan fingerprint density at radius 1 is 1.00 bits per heavy atom. The highest BCUT2D eigenvalue weighted by Gasteiger charge is 2.22. The molecule has 3 heterocycles. The number of urea groups is 1. The van der Waals surface area contributed by atoms with E-state index in [4.69, 9.17) is 10.5 Å². The first-order valence-corrected chi connectivity index (χ1v) is 11.5. The van der Waals surface area contributed by atoms with Crippen LogP contribution in [0.4, 0.5) is 35.2 Å². The maximum atomic E-state index is 15.3. The van der Waals surface area contributed by atoms with E-state index in [1.165, 1.54) is 18.5 Å². The van der Waals surface area contributed by atoms with Crippen LogP contribution in [0.3, 0.4) is 0 Å². The molecule has 1 fully saturated rings. The lowest BCUT2D eigenvalue weighted by Crippen LogP contribution is -2.36. The molecule has 9 nitrogen and oxygen atoms in total. The standard InChI is InChI=1S/C25H24F3N7O2/c1-14-2-3-18(26)21(8-14)32-25(36)33-22-11-19(27)16(10-20(22)28)17-9-15(12-34-4-6-37-7-5-34)35-23(17)24(29)30-13-31-35/h2-3,8-11,13H,4-7,12H2,1H3,(H2,29,30,31)(H2,32,33,36). The third kappa shape index (κ3) is 5.06. The number of ether oxygens (including phenoxy) is 1. The minimum Gasteiger partial charge on any atom is -0.382 e. The fourth-order valence-electron chi connectivity index (χ4n) is 4.30. The first-order valence-electron chi connectivity index (χ1n) is 11.5. The Morgan fingerprint density at radius 2 is 1.73 bits per heavy atom. The quantitative estimate of drug-likeness (QED) is 0.371. The Morgan fingerprint density at radius 3 is 2.49 bits per heavy atom. The van der Waals surface area contributed by atoms with Crippen molar-refractivity contribution in [2.45, 2.75) is 13.5 Å². The van der Waals surface area contributed by atoms with Crippen molar-refractivity contribution < 1.29 is 22.7 Å². The minimum atomic E-state index is -0.921. The Kier molecular flexibility index (Phi) is 6.68. The number of nitrogens with two attached hydrogens (primary N) is 1. The van der Waals surface area contributed by atoms with E-state index < -0.39 is 29.2 Å². The number of aryl methyl sites for hydroxylation is 1. The van der Waals surface area contributed by atoms with Gasteiger partial charge in [0.05, 0.1) is 30.3 Å². The number of nitrogens with zero attached hydrogens (tertiary/aromatic N) is 4. The van der Waals surface area contributed by atoms with Crippen LogP contribution in [-0.4, -0.2) is 51.8 Å². The van der Waals surface area contributed by atoms with Gasteiger partial charge in [-0.15, -0.1) is 0 Å². The van der Waals surface area contributed by atoms with E-state index in [1.807, 2.05) is 0 Å². The second-order valence-corrected chi connectivity index (χ2v) is 8.72. The smallest absolute Gasteiger partial charge is 0.323 e. The van der Waals surface area contributed by atoms with Crippen LogP contribution in [0.5, 0.6) is 0 Å². The van der Waals surface area contributed by atoms with Gasteiger partial charge in [-0.3, -0.25) is 4.90 Å². The van der Waals surface area contributed by atoms with Crippen LogP contribution >= 0.6 is 0 Å². The number of rotatable bonds is 5. The molecule has 0 spiro atoms. The van der Waals surface area contributed by atoms with Crippen LogP contribution in [0, 0.1) is 24.4 Å². The average Bonchev–Trinajstić information content (AvgIpc) is 3.23. The molecule has 1 saturated heterocycles. The minimum absolute atomic E-state index is 0.0691. The summed E-state index contributed by atoms with van der Waals surface area (Å²) in [5.41, 5.74) is 7.64. The molecule has 5 rings (SSSR count). The van der Waals surface area contributed by atoms with E-state index in [1.54, 1.807) is 23.6 Å². The lowest BCUT2D eigenvalue weighted by atomic mass is 10.0. The van der Waals surface area contributed by atoms with Gasteiger partial charge in [0.1, 0.15) is 29.3 Å². The van der Waals surface area contributed by atoms with Crippen molar-refractivity contribution in [1.82, 2.24) is 19.5 Å². The summed E-state index contributed by atoms with van der Waals surface area (Å²) in [6.07, 6.45) is 1.30. The van der Waals surface area contributed by atoms with Gasteiger partial charge in [-0.1, -0.05) is 6.07 Å². The van der Waals surface area contributed by atoms with Gasteiger partial charge in [0.2, 0.25) is 0 Å². The number of aromatic nitrogens is 3. The monoisotopic (exact) mass is 511 g/mol. The van der Waals surface area contributed by atoms with Crippen LogP contribution in [0.25, 0.3) is 16.6 Å². The predicted molar refractivity (Wildman–Crippen MR) is 133 cm³/mol. The zero-order chi connectivity index (χ0) is 26.1. The zero-order valence-corrected chi connectivity index (χ0v) is 19.9. The van der Waals surface area contributed by atoms with E-state index in [-0.39, 0.29) is 17.1 Å². The Labute approximate surface area is 210 Å². The van der Waals surface area contributed by atoms with Gasteiger partial charge in [0, 0.05) is 36.8 Å². The normalized spacial score (nSPS) is 14.2. The number of amides is 2. The maximum absolute atomic E-state index is 15.3. The Hall–Kier alpha value is -4.16. The van der Waals surface area contributed by atoms with E-state index >= 15 is 8.78 Å². The largest absolute Gasteiger partial charge is 0.382 e. The molecule has 2 aromatic heterocycles. The Bertz CT molecular complexity index is 1490. The summed E-state index contributed by atoms with van der Waals surface area (Å²) < 4.78 is 51.3. The molecule has 4 N–H and O–H groups in total. The van der Waals surface area contributed by atoms with Gasteiger partial charge in [-0.2, -0.15) is 5.10 Å². The van der Waals surface area contributed by atoms with E-state index in [9.17, 15) is 9.18 Å². The van der Waals surface area contributed by atoms with Gasteiger partial charge < -0.3 is 21.1 Å². The highest BCUT2D eigenvalue weighted by molar-refractivity contribution is 6.00. The fraction of sp³-hybridized carbons (Fsp3) is 0.240. The second kappa shape index (κ2) is 10.1. The van der Waals surface area contributed by atoms with Crippen LogP contribution in [0.1, 0.15) is 11.3 Å². The van der Waals surface area contributed by atoms with Crippen molar-refractivity contribution in [2.24, 2.45) is 0 Å². The van der Waals surface area contributed by atoms with E-state index in [0.29, 0.717) is 36.4 Å². The number of morpholine rings is 1. The number of nitrogen functional groups attached to an aromatic ring is 1. The number of fused-ring (bicyclic) bond motifs is 1. The molecule has 0 radical (unpaired) electrons. The van der Waals surface area contributed by atoms with Crippen molar-refractivity contribution in [3.63, 3.8) is 0 Å². The maximum Gasteiger partial charge on any atom is 0.323 e. The molecule has 2 aromatic carbocycles. The van der Waals surface area contributed by atoms with E-state index in [2.05, 4.69) is 25.6 Å². The summed E-state index contributed by atoms with van der Waals surface area (Å²) in [4.78, 5) is 18.5. The van der Waals surface area contributed by atoms with Crippen LogP contribution in [0.15, 0.2) is 42.7 Å². The molecular weight excluding hydrogens is 487 g/mol. The first kappa shape index (κ1) is 24.5. The molecule has 0 unspecified atom stereocenters. The zero-order valence-electron chi connectivity index (χ0n) is 19.9. The Balaban J connectivity index is 1.45. The van der Waals surface area contributed by atoms with Gasteiger partial charge in [-0.25, -0.2) is 27.5 Å². The number of carbonyl (C=O) groups is 1. The molecule has 2 amide bonds. The fourth-order valence-corrected chi connectivity index (χ4v) is 4.30. The molecule has 0 atom stereocenters. The highest BCUT2D eigenvalue weighted by atomic mass is 19.1. The van der Waals surface area contributed by atoms with Gasteiger partial charge in [0.25, 0.3) is 0 Å². The molecule has 4 aromatic rings. The second-order valence-electron chi connectivity index (χ2n) is 8.72. The van der Waals surface area contributed by atoms with Crippen molar-refractivity contribution >= 4 is 28.7 Å². The average molecular weight is 512 g/mol. The number of benzene rings is 2. The molecule has 12 heteroatoms. The van der Waals surface area contributed by atoms with Gasteiger partial charge in [-0.05, 0) is 36.8 Å². The molecule has 0 aliphatic carbocycles. The number of carbonyl (C=O) groups excluding carboxylic acids is 1. The SMILES string of the molecule is Cc1ccc(F)c(NC(=O)Nc2cc(F)c(-c3cc(CN4CCOCC4)n4ncnc(N)c34)cc2F)c1. The molecule has 37 heavy (non-hydrogen) atoms. The summed E-state index contributed by atoms with van der Waals surface area (Å²) in [6, 6.07) is 6.78. The lowest BCUT2D eigenvalue weighted by Gasteiger charge is -2.26. The highest BCUT2D eigenvalue weighted by Crippen LogP contribution is 2.35. The van der Waals surface area contributed by atoms with E-state index in [0.717, 1.165) is 30.9 Å². The third-order valence-electron chi connectivity index (χ3n) is 6.11. The summed E-state index contributed by atoms with van der Waals surface area (Å²) in [5.74, 6) is -2.23. The van der Waals surface area contributed by atoms with Gasteiger partial charge >= 0.3 is 6.03 Å². The number of anilines is 3. The number of hydrogen-bond acceptors (Lipinski definition) is 6. The molecule has 1 aliphatic heterocycles. The summed E-state index contributed by atoms with van der Waals surface area (Å²) in [7, 11) is 0.